The first kappa shape index (κ1) is 17.7. The van der Waals surface area contributed by atoms with E-state index < -0.39 is 0 Å². The zero-order valence-corrected chi connectivity index (χ0v) is 14.8. The summed E-state index contributed by atoms with van der Waals surface area (Å²) in [5, 5.41) is 3.28. The van der Waals surface area contributed by atoms with Crippen LogP contribution in [0.2, 0.25) is 0 Å². The summed E-state index contributed by atoms with van der Waals surface area (Å²) in [6, 6.07) is 15.4. The largest absolute Gasteiger partial charge is 0.386 e. The molecule has 25 heavy (non-hydrogen) atoms. The molecule has 2 aromatic carbocycles. The molecule has 5 heteroatoms. The molecule has 2 aromatic rings. The zero-order valence-electron chi connectivity index (χ0n) is 14.8. The summed E-state index contributed by atoms with van der Waals surface area (Å²) in [7, 11) is 1.94. The lowest BCUT2D eigenvalue weighted by Gasteiger charge is -2.36. The van der Waals surface area contributed by atoms with E-state index in [1.54, 1.807) is 0 Å². The fraction of sp³-hybridized carbons (Fsp3) is 0.400. The molecule has 0 bridgehead atoms. The van der Waals surface area contributed by atoms with Crippen LogP contribution in [0.15, 0.2) is 48.5 Å². The van der Waals surface area contributed by atoms with Crippen LogP contribution in [-0.2, 0) is 6.54 Å². The van der Waals surface area contributed by atoms with E-state index in [0.29, 0.717) is 6.04 Å². The first-order valence-electron chi connectivity index (χ1n) is 8.90. The van der Waals surface area contributed by atoms with Crippen molar-refractivity contribution in [2.24, 2.45) is 5.73 Å². The molecular weight excluding hydrogens is 315 g/mol. The van der Waals surface area contributed by atoms with Crippen LogP contribution in [0.1, 0.15) is 18.4 Å². The lowest BCUT2D eigenvalue weighted by atomic mass is 10.1. The number of rotatable bonds is 6. The minimum atomic E-state index is -0.198. The Labute approximate surface area is 149 Å². The maximum Gasteiger partial charge on any atom is 0.123 e. The first-order chi connectivity index (χ1) is 12.2. The Kier molecular flexibility index (Phi) is 5.89. The summed E-state index contributed by atoms with van der Waals surface area (Å²) in [6.45, 7) is 3.61. The second-order valence-electron chi connectivity index (χ2n) is 6.69. The molecule has 134 valence electrons. The molecule has 0 radical (unpaired) electrons. The van der Waals surface area contributed by atoms with Crippen LogP contribution < -0.4 is 16.0 Å². The molecule has 4 nitrogen and oxygen atoms in total. The highest BCUT2D eigenvalue weighted by molar-refractivity contribution is 5.69. The van der Waals surface area contributed by atoms with Crippen LogP contribution in [0.3, 0.4) is 0 Å². The number of benzene rings is 2. The quantitative estimate of drug-likeness (QED) is 0.846. The fourth-order valence-electron chi connectivity index (χ4n) is 3.32. The normalized spacial score (nSPS) is 16.0. The summed E-state index contributed by atoms with van der Waals surface area (Å²) in [5.74, 6) is -0.198. The minimum absolute atomic E-state index is 0.198. The van der Waals surface area contributed by atoms with Gasteiger partial charge in [-0.25, -0.2) is 4.39 Å². The number of nitrogens with one attached hydrogen (secondary N) is 1. The molecule has 0 aromatic heterocycles. The Morgan fingerprint density at radius 2 is 1.80 bits per heavy atom. The van der Waals surface area contributed by atoms with Gasteiger partial charge in [0.25, 0.3) is 0 Å². The van der Waals surface area contributed by atoms with Crippen LogP contribution in [0, 0.1) is 5.82 Å². The van der Waals surface area contributed by atoms with E-state index in [-0.39, 0.29) is 5.82 Å². The number of para-hydroxylation sites is 2. The smallest absolute Gasteiger partial charge is 0.123 e. The third kappa shape index (κ3) is 4.71. The Balaban J connectivity index is 1.81. The lowest BCUT2D eigenvalue weighted by molar-refractivity contribution is 0.212. The van der Waals surface area contributed by atoms with Crippen molar-refractivity contribution in [1.82, 2.24) is 4.90 Å². The van der Waals surface area contributed by atoms with Crippen molar-refractivity contribution in [2.45, 2.75) is 25.4 Å². The van der Waals surface area contributed by atoms with E-state index in [1.807, 2.05) is 25.2 Å². The molecule has 1 saturated heterocycles. The van der Waals surface area contributed by atoms with Gasteiger partial charge < -0.3 is 16.0 Å². The third-order valence-corrected chi connectivity index (χ3v) is 4.80. The van der Waals surface area contributed by atoms with Crippen molar-refractivity contribution in [2.75, 3.05) is 37.0 Å². The van der Waals surface area contributed by atoms with Crippen LogP contribution >= 0.6 is 0 Å². The minimum Gasteiger partial charge on any atom is -0.386 e. The molecule has 3 N–H and O–H groups in total. The molecule has 1 aliphatic heterocycles. The molecule has 0 saturated carbocycles. The third-order valence-electron chi connectivity index (χ3n) is 4.80. The summed E-state index contributed by atoms with van der Waals surface area (Å²) < 4.78 is 13.2. The van der Waals surface area contributed by atoms with Crippen molar-refractivity contribution in [3.63, 3.8) is 0 Å². The fourth-order valence-corrected chi connectivity index (χ4v) is 3.32. The van der Waals surface area contributed by atoms with E-state index in [2.05, 4.69) is 33.3 Å². The zero-order chi connectivity index (χ0) is 17.6. The van der Waals surface area contributed by atoms with Crippen LogP contribution in [0.4, 0.5) is 15.8 Å². The van der Waals surface area contributed by atoms with Gasteiger partial charge in [0.05, 0.1) is 18.0 Å². The monoisotopic (exact) mass is 342 g/mol. The SMILES string of the molecule is CNc1ccccc1N(Cc1ccc(F)cc1)CN1CCC(N)CC1. The Bertz CT molecular complexity index is 666. The van der Waals surface area contributed by atoms with Gasteiger partial charge in [-0.1, -0.05) is 24.3 Å². The molecule has 0 unspecified atom stereocenters. The number of halogens is 1. The van der Waals surface area contributed by atoms with E-state index >= 15 is 0 Å². The molecule has 3 rings (SSSR count). The van der Waals surface area contributed by atoms with Gasteiger partial charge in [0.2, 0.25) is 0 Å². The van der Waals surface area contributed by atoms with Gasteiger partial charge in [0.15, 0.2) is 0 Å². The van der Waals surface area contributed by atoms with Gasteiger partial charge in [-0.2, -0.15) is 0 Å². The van der Waals surface area contributed by atoms with Gasteiger partial charge in [0.1, 0.15) is 5.82 Å². The van der Waals surface area contributed by atoms with Crippen molar-refractivity contribution < 1.29 is 4.39 Å². The molecular formula is C20H27FN4. The number of hydrogen-bond donors (Lipinski definition) is 2. The molecule has 0 aliphatic carbocycles. The highest BCUT2D eigenvalue weighted by Crippen LogP contribution is 2.27. The number of likely N-dealkylation sites (tertiary alicyclic amines) is 1. The maximum atomic E-state index is 13.2. The average Bonchev–Trinajstić information content (AvgIpc) is 2.64. The van der Waals surface area contributed by atoms with Gasteiger partial charge in [-0.15, -0.1) is 0 Å². The Morgan fingerprint density at radius 3 is 2.48 bits per heavy atom. The number of nitrogens with two attached hydrogens (primary N) is 1. The van der Waals surface area contributed by atoms with Crippen molar-refractivity contribution in [3.05, 3.63) is 59.9 Å². The summed E-state index contributed by atoms with van der Waals surface area (Å²) in [4.78, 5) is 4.79. The number of piperidine rings is 1. The highest BCUT2D eigenvalue weighted by Gasteiger charge is 2.20. The van der Waals surface area contributed by atoms with Crippen LogP contribution in [-0.4, -0.2) is 37.7 Å². The number of hydrogen-bond acceptors (Lipinski definition) is 4. The number of anilines is 2. The van der Waals surface area contributed by atoms with Crippen molar-refractivity contribution in [3.8, 4) is 0 Å². The molecule has 0 atom stereocenters. The van der Waals surface area contributed by atoms with Gasteiger partial charge in [0, 0.05) is 32.7 Å². The lowest BCUT2D eigenvalue weighted by Crippen LogP contribution is -2.45. The Hall–Kier alpha value is -2.11. The molecule has 1 aliphatic rings. The first-order valence-corrected chi connectivity index (χ1v) is 8.90. The van der Waals surface area contributed by atoms with Gasteiger partial charge in [-0.05, 0) is 42.7 Å². The van der Waals surface area contributed by atoms with Crippen molar-refractivity contribution >= 4 is 11.4 Å². The van der Waals surface area contributed by atoms with Crippen LogP contribution in [0.25, 0.3) is 0 Å². The van der Waals surface area contributed by atoms with Gasteiger partial charge in [-0.3, -0.25) is 4.90 Å². The van der Waals surface area contributed by atoms with Crippen molar-refractivity contribution in [1.29, 1.82) is 0 Å². The Morgan fingerprint density at radius 1 is 1.12 bits per heavy atom. The predicted molar refractivity (Wildman–Crippen MR) is 102 cm³/mol. The molecule has 0 amide bonds. The highest BCUT2D eigenvalue weighted by atomic mass is 19.1. The molecule has 1 heterocycles. The van der Waals surface area contributed by atoms with E-state index in [9.17, 15) is 4.39 Å². The molecule has 0 spiro atoms. The van der Waals surface area contributed by atoms with Crippen LogP contribution in [0.5, 0.6) is 0 Å². The summed E-state index contributed by atoms with van der Waals surface area (Å²) in [6.07, 6.45) is 2.08. The van der Waals surface area contributed by atoms with E-state index in [0.717, 1.165) is 56.1 Å². The summed E-state index contributed by atoms with van der Waals surface area (Å²) in [5.41, 5.74) is 9.39. The van der Waals surface area contributed by atoms with E-state index in [4.69, 9.17) is 5.73 Å². The van der Waals surface area contributed by atoms with E-state index in [1.165, 1.54) is 12.1 Å². The molecule has 1 fully saturated rings. The summed E-state index contributed by atoms with van der Waals surface area (Å²) >= 11 is 0. The number of nitrogens with zero attached hydrogens (tertiary/aromatic N) is 2. The topological polar surface area (TPSA) is 44.5 Å². The maximum absolute atomic E-state index is 13.2. The average molecular weight is 342 g/mol. The standard InChI is InChI=1S/C20H27FN4/c1-23-19-4-2-3-5-20(19)25(14-16-6-8-17(21)9-7-16)15-24-12-10-18(22)11-13-24/h2-9,18,23H,10-15,22H2,1H3. The second-order valence-corrected chi connectivity index (χ2v) is 6.69. The van der Waals surface area contributed by atoms with Gasteiger partial charge >= 0.3 is 0 Å². The predicted octanol–water partition coefficient (Wildman–Crippen LogP) is 3.25. The second kappa shape index (κ2) is 8.32.